The highest BCUT2D eigenvalue weighted by atomic mass is 14.9. The van der Waals surface area contributed by atoms with E-state index < -0.39 is 0 Å². The molecule has 1 rings (SSSR count). The lowest BCUT2D eigenvalue weighted by Crippen LogP contribution is -2.24. The lowest BCUT2D eigenvalue weighted by atomic mass is 10.1. The number of rotatable bonds is 5. The summed E-state index contributed by atoms with van der Waals surface area (Å²) in [5.41, 5.74) is 1.26. The van der Waals surface area contributed by atoms with Crippen molar-refractivity contribution in [2.24, 2.45) is 5.92 Å². The molecule has 0 spiro atoms. The Bertz CT molecular complexity index is 246. The van der Waals surface area contributed by atoms with E-state index in [-0.39, 0.29) is 0 Å². The van der Waals surface area contributed by atoms with Crippen LogP contribution in [0, 0.1) is 5.92 Å². The maximum absolute atomic E-state index is 4.11. The van der Waals surface area contributed by atoms with Crippen LogP contribution in [-0.2, 0) is 0 Å². The topological polar surface area (TPSA) is 24.9 Å². The smallest absolute Gasteiger partial charge is 0.0315 e. The van der Waals surface area contributed by atoms with Crippen molar-refractivity contribution < 1.29 is 0 Å². The van der Waals surface area contributed by atoms with Gasteiger partial charge in [0.05, 0.1) is 0 Å². The molecule has 1 aromatic heterocycles. The Labute approximate surface area is 86.8 Å². The van der Waals surface area contributed by atoms with Gasteiger partial charge in [-0.2, -0.15) is 0 Å². The van der Waals surface area contributed by atoms with Crippen LogP contribution in [-0.4, -0.2) is 11.5 Å². The summed E-state index contributed by atoms with van der Waals surface area (Å²) in [6, 6.07) is 4.50. The molecular formula is C12H20N2. The van der Waals surface area contributed by atoms with Crippen molar-refractivity contribution >= 4 is 0 Å². The fourth-order valence-electron chi connectivity index (χ4n) is 1.27. The van der Waals surface area contributed by atoms with Crippen LogP contribution in [0.25, 0.3) is 0 Å². The van der Waals surface area contributed by atoms with Crippen molar-refractivity contribution in [1.82, 2.24) is 10.3 Å². The second-order valence-electron chi connectivity index (χ2n) is 3.93. The van der Waals surface area contributed by atoms with Crippen molar-refractivity contribution in [3.05, 3.63) is 30.1 Å². The second kappa shape index (κ2) is 5.76. The summed E-state index contributed by atoms with van der Waals surface area (Å²) in [6.07, 6.45) is 4.96. The monoisotopic (exact) mass is 192 g/mol. The molecule has 0 saturated heterocycles. The Balaban J connectivity index is 2.39. The van der Waals surface area contributed by atoms with E-state index in [1.165, 1.54) is 12.0 Å². The molecule has 1 heterocycles. The lowest BCUT2D eigenvalue weighted by molar-refractivity contribution is 0.460. The van der Waals surface area contributed by atoms with Gasteiger partial charge in [-0.1, -0.05) is 26.3 Å². The molecule has 0 radical (unpaired) electrons. The first-order valence-corrected chi connectivity index (χ1v) is 5.37. The van der Waals surface area contributed by atoms with Crippen molar-refractivity contribution in [1.29, 1.82) is 0 Å². The van der Waals surface area contributed by atoms with Crippen LogP contribution in [0.3, 0.4) is 0 Å². The average molecular weight is 192 g/mol. The minimum Gasteiger partial charge on any atom is -0.310 e. The molecule has 1 N–H and O–H groups in total. The van der Waals surface area contributed by atoms with E-state index >= 15 is 0 Å². The zero-order valence-corrected chi connectivity index (χ0v) is 9.33. The molecule has 1 unspecified atom stereocenters. The Morgan fingerprint density at radius 1 is 1.43 bits per heavy atom. The van der Waals surface area contributed by atoms with Crippen molar-refractivity contribution in [3.63, 3.8) is 0 Å². The van der Waals surface area contributed by atoms with Gasteiger partial charge in [0.2, 0.25) is 0 Å². The minimum absolute atomic E-state index is 0.401. The molecule has 78 valence electrons. The number of hydrogen-bond acceptors (Lipinski definition) is 2. The molecule has 1 aromatic rings. The molecule has 2 nitrogen and oxygen atoms in total. The highest BCUT2D eigenvalue weighted by Crippen LogP contribution is 2.10. The Hall–Kier alpha value is -0.890. The van der Waals surface area contributed by atoms with Gasteiger partial charge < -0.3 is 5.32 Å². The first kappa shape index (κ1) is 11.2. The number of hydrogen-bond donors (Lipinski definition) is 1. The summed E-state index contributed by atoms with van der Waals surface area (Å²) in [5, 5.41) is 3.51. The normalized spacial score (nSPS) is 15.1. The van der Waals surface area contributed by atoms with Gasteiger partial charge in [-0.15, -0.1) is 0 Å². The molecule has 2 heteroatoms. The zero-order valence-electron chi connectivity index (χ0n) is 9.33. The van der Waals surface area contributed by atoms with Gasteiger partial charge in [0.15, 0.2) is 0 Å². The summed E-state index contributed by atoms with van der Waals surface area (Å²) >= 11 is 0. The van der Waals surface area contributed by atoms with Gasteiger partial charge in [-0.25, -0.2) is 0 Å². The van der Waals surface area contributed by atoms with E-state index in [1.54, 1.807) is 0 Å². The zero-order chi connectivity index (χ0) is 10.4. The van der Waals surface area contributed by atoms with Gasteiger partial charge in [-0.05, 0) is 31.0 Å². The molecule has 0 fully saturated rings. The van der Waals surface area contributed by atoms with Crippen LogP contribution < -0.4 is 5.32 Å². The van der Waals surface area contributed by atoms with Gasteiger partial charge in [0.1, 0.15) is 0 Å². The SMILES string of the molecule is CCC(C)CN[C@@H](C)c1cccnc1. The Morgan fingerprint density at radius 3 is 2.79 bits per heavy atom. The maximum atomic E-state index is 4.11. The van der Waals surface area contributed by atoms with E-state index in [0.717, 1.165) is 12.5 Å². The third kappa shape index (κ3) is 3.46. The van der Waals surface area contributed by atoms with E-state index in [1.807, 2.05) is 18.5 Å². The molecule has 0 aliphatic carbocycles. The van der Waals surface area contributed by atoms with E-state index in [9.17, 15) is 0 Å². The molecule has 0 aliphatic rings. The quantitative estimate of drug-likeness (QED) is 0.776. The molecule has 0 aliphatic heterocycles. The summed E-state index contributed by atoms with van der Waals surface area (Å²) < 4.78 is 0. The predicted octanol–water partition coefficient (Wildman–Crippen LogP) is 2.78. The molecule has 14 heavy (non-hydrogen) atoms. The summed E-state index contributed by atoms with van der Waals surface area (Å²) in [5.74, 6) is 0.745. The van der Waals surface area contributed by atoms with Crippen LogP contribution in [0.15, 0.2) is 24.5 Å². The standard InChI is InChI=1S/C12H20N2/c1-4-10(2)8-14-11(3)12-6-5-7-13-9-12/h5-7,9-11,14H,4,8H2,1-3H3/t10?,11-/m0/s1. The summed E-state index contributed by atoms with van der Waals surface area (Å²) in [4.78, 5) is 4.11. The fraction of sp³-hybridized carbons (Fsp3) is 0.583. The average Bonchev–Trinajstić information content (AvgIpc) is 2.26. The van der Waals surface area contributed by atoms with Crippen molar-refractivity contribution in [2.45, 2.75) is 33.2 Å². The fourth-order valence-corrected chi connectivity index (χ4v) is 1.27. The van der Waals surface area contributed by atoms with Crippen LogP contribution in [0.2, 0.25) is 0 Å². The molecule has 0 saturated carbocycles. The van der Waals surface area contributed by atoms with Gasteiger partial charge in [-0.3, -0.25) is 4.98 Å². The first-order valence-electron chi connectivity index (χ1n) is 5.37. The highest BCUT2D eigenvalue weighted by molar-refractivity contribution is 5.12. The highest BCUT2D eigenvalue weighted by Gasteiger charge is 2.05. The molecule has 2 atom stereocenters. The first-order chi connectivity index (χ1) is 6.74. The maximum Gasteiger partial charge on any atom is 0.0315 e. The largest absolute Gasteiger partial charge is 0.310 e. The van der Waals surface area contributed by atoms with Gasteiger partial charge >= 0.3 is 0 Å². The molecule has 0 bridgehead atoms. The van der Waals surface area contributed by atoms with E-state index in [4.69, 9.17) is 0 Å². The predicted molar refractivity (Wildman–Crippen MR) is 60.1 cm³/mol. The van der Waals surface area contributed by atoms with Crippen LogP contribution >= 0.6 is 0 Å². The number of nitrogens with zero attached hydrogens (tertiary/aromatic N) is 1. The number of aromatic nitrogens is 1. The Morgan fingerprint density at radius 2 is 2.21 bits per heavy atom. The third-order valence-corrected chi connectivity index (χ3v) is 2.65. The molecule has 0 aromatic carbocycles. The van der Waals surface area contributed by atoms with Gasteiger partial charge in [0.25, 0.3) is 0 Å². The van der Waals surface area contributed by atoms with E-state index in [2.05, 4.69) is 37.1 Å². The molecule has 0 amide bonds. The minimum atomic E-state index is 0.401. The lowest BCUT2D eigenvalue weighted by Gasteiger charge is -2.16. The van der Waals surface area contributed by atoms with Crippen LogP contribution in [0.5, 0.6) is 0 Å². The molecular weight excluding hydrogens is 172 g/mol. The van der Waals surface area contributed by atoms with Crippen LogP contribution in [0.1, 0.15) is 38.8 Å². The van der Waals surface area contributed by atoms with E-state index in [0.29, 0.717) is 6.04 Å². The van der Waals surface area contributed by atoms with Crippen molar-refractivity contribution in [2.75, 3.05) is 6.54 Å². The van der Waals surface area contributed by atoms with Crippen molar-refractivity contribution in [3.8, 4) is 0 Å². The number of nitrogens with one attached hydrogen (secondary N) is 1. The van der Waals surface area contributed by atoms with Gasteiger partial charge in [0, 0.05) is 18.4 Å². The second-order valence-corrected chi connectivity index (χ2v) is 3.93. The Kier molecular flexibility index (Phi) is 4.60. The van der Waals surface area contributed by atoms with Crippen LogP contribution in [0.4, 0.5) is 0 Å². The summed E-state index contributed by atoms with van der Waals surface area (Å²) in [7, 11) is 0. The number of pyridine rings is 1. The summed E-state index contributed by atoms with van der Waals surface area (Å²) in [6.45, 7) is 7.75. The third-order valence-electron chi connectivity index (χ3n) is 2.65.